The highest BCUT2D eigenvalue weighted by atomic mass is 127. The second-order valence-corrected chi connectivity index (χ2v) is 6.41. The first kappa shape index (κ1) is 13.9. The molecule has 0 saturated heterocycles. The predicted molar refractivity (Wildman–Crippen MR) is 91.1 cm³/mol. The zero-order valence-corrected chi connectivity index (χ0v) is 13.6. The molecular weight excluding hydrogens is 385 g/mol. The van der Waals surface area contributed by atoms with E-state index in [4.69, 9.17) is 11.6 Å². The lowest BCUT2D eigenvalue weighted by atomic mass is 10.2. The average molecular weight is 398 g/mol. The van der Waals surface area contributed by atoms with Gasteiger partial charge in [-0.25, -0.2) is 0 Å². The molecule has 0 aliphatic heterocycles. The molecule has 1 aromatic heterocycles. The molecule has 0 aliphatic rings. The Balaban J connectivity index is 2.06. The first-order chi connectivity index (χ1) is 9.67. The summed E-state index contributed by atoms with van der Waals surface area (Å²) in [7, 11) is 0. The second kappa shape index (κ2) is 5.76. The molecule has 4 heteroatoms. The molecule has 0 spiro atoms. The minimum atomic E-state index is 0.0395. The maximum Gasteiger partial charge on any atom is 0.0702 e. The van der Waals surface area contributed by atoms with Crippen molar-refractivity contribution in [1.82, 2.24) is 4.57 Å². The second-order valence-electron chi connectivity index (χ2n) is 4.73. The van der Waals surface area contributed by atoms with E-state index < -0.39 is 0 Å². The van der Waals surface area contributed by atoms with E-state index in [2.05, 4.69) is 51.4 Å². The fraction of sp³-hybridized carbons (Fsp3) is 0.125. The van der Waals surface area contributed by atoms with Gasteiger partial charge in [0.15, 0.2) is 0 Å². The van der Waals surface area contributed by atoms with Gasteiger partial charge in [-0.05, 0) is 52.4 Å². The normalized spacial score (nSPS) is 11.2. The van der Waals surface area contributed by atoms with Gasteiger partial charge in [-0.3, -0.25) is 0 Å². The van der Waals surface area contributed by atoms with Crippen LogP contribution in [0.1, 0.15) is 11.1 Å². The van der Waals surface area contributed by atoms with Gasteiger partial charge >= 0.3 is 0 Å². The Morgan fingerprint density at radius 3 is 2.55 bits per heavy atom. The van der Waals surface area contributed by atoms with Crippen molar-refractivity contribution in [2.75, 3.05) is 0 Å². The van der Waals surface area contributed by atoms with Crippen LogP contribution in [-0.4, -0.2) is 9.67 Å². The van der Waals surface area contributed by atoms with Crippen LogP contribution in [0, 0.1) is 3.57 Å². The van der Waals surface area contributed by atoms with Gasteiger partial charge in [-0.1, -0.05) is 29.8 Å². The minimum Gasteiger partial charge on any atom is -0.392 e. The zero-order valence-electron chi connectivity index (χ0n) is 10.7. The van der Waals surface area contributed by atoms with Gasteiger partial charge in [-0.2, -0.15) is 0 Å². The largest absolute Gasteiger partial charge is 0.392 e. The number of aliphatic hydroxyl groups excluding tert-OH is 1. The molecule has 1 N–H and O–H groups in total. The first-order valence-corrected chi connectivity index (χ1v) is 7.75. The van der Waals surface area contributed by atoms with Crippen LogP contribution in [0.15, 0.2) is 48.7 Å². The number of halogens is 2. The summed E-state index contributed by atoms with van der Waals surface area (Å²) < 4.78 is 3.36. The molecule has 0 atom stereocenters. The van der Waals surface area contributed by atoms with Crippen LogP contribution in [0.3, 0.4) is 0 Å². The first-order valence-electron chi connectivity index (χ1n) is 6.30. The summed E-state index contributed by atoms with van der Waals surface area (Å²) in [5.41, 5.74) is 3.22. The summed E-state index contributed by atoms with van der Waals surface area (Å²) in [5.74, 6) is 0. The van der Waals surface area contributed by atoms with E-state index in [9.17, 15) is 5.11 Å². The van der Waals surface area contributed by atoms with Gasteiger partial charge in [0.05, 0.1) is 12.1 Å². The Hall–Kier alpha value is -1.04. The summed E-state index contributed by atoms with van der Waals surface area (Å²) in [5, 5.41) is 11.2. The number of hydrogen-bond donors (Lipinski definition) is 1. The molecule has 0 saturated carbocycles. The Kier molecular flexibility index (Phi) is 4.01. The Morgan fingerprint density at radius 1 is 1.10 bits per heavy atom. The van der Waals surface area contributed by atoms with Gasteiger partial charge in [0, 0.05) is 32.3 Å². The fourth-order valence-corrected chi connectivity index (χ4v) is 2.91. The van der Waals surface area contributed by atoms with Gasteiger partial charge in [-0.15, -0.1) is 0 Å². The summed E-state index contributed by atoms with van der Waals surface area (Å²) in [6, 6.07) is 14.2. The molecule has 1 heterocycles. The van der Waals surface area contributed by atoms with Crippen LogP contribution in [0.2, 0.25) is 5.02 Å². The summed E-state index contributed by atoms with van der Waals surface area (Å²) in [6.45, 7) is 0.811. The lowest BCUT2D eigenvalue weighted by molar-refractivity contribution is 0.283. The molecule has 0 aliphatic carbocycles. The fourth-order valence-electron chi connectivity index (χ4n) is 2.38. The quantitative estimate of drug-likeness (QED) is 0.650. The lowest BCUT2D eigenvalue weighted by Gasteiger charge is -2.06. The highest BCUT2D eigenvalue weighted by molar-refractivity contribution is 14.1. The van der Waals surface area contributed by atoms with Crippen LogP contribution >= 0.6 is 34.2 Å². The number of nitrogens with zero attached hydrogens (tertiary/aromatic N) is 1. The minimum absolute atomic E-state index is 0.0395. The molecule has 0 amide bonds. The number of aliphatic hydroxyl groups is 1. The van der Waals surface area contributed by atoms with E-state index in [0.29, 0.717) is 5.02 Å². The molecule has 0 radical (unpaired) electrons. The third kappa shape index (κ3) is 2.71. The van der Waals surface area contributed by atoms with Crippen molar-refractivity contribution in [2.24, 2.45) is 0 Å². The highest BCUT2D eigenvalue weighted by Gasteiger charge is 2.08. The molecule has 20 heavy (non-hydrogen) atoms. The van der Waals surface area contributed by atoms with Gasteiger partial charge < -0.3 is 9.67 Å². The molecular formula is C16H13ClINO. The SMILES string of the molecule is OCc1cn(Cc2ccc(I)cc2)c2cc(Cl)ccc12. The van der Waals surface area contributed by atoms with E-state index in [1.165, 1.54) is 9.13 Å². The number of hydrogen-bond acceptors (Lipinski definition) is 1. The molecule has 3 rings (SSSR count). The monoisotopic (exact) mass is 397 g/mol. The van der Waals surface area contributed by atoms with Crippen molar-refractivity contribution < 1.29 is 5.11 Å². The third-order valence-electron chi connectivity index (χ3n) is 3.36. The Labute approximate surface area is 136 Å². The summed E-state index contributed by atoms with van der Waals surface area (Å²) >= 11 is 8.39. The van der Waals surface area contributed by atoms with Crippen LogP contribution in [0.25, 0.3) is 10.9 Å². The number of fused-ring (bicyclic) bond motifs is 1. The number of benzene rings is 2. The summed E-state index contributed by atoms with van der Waals surface area (Å²) in [4.78, 5) is 0. The molecule has 3 aromatic rings. The molecule has 2 aromatic carbocycles. The van der Waals surface area contributed by atoms with Gasteiger partial charge in [0.25, 0.3) is 0 Å². The van der Waals surface area contributed by atoms with Crippen molar-refractivity contribution in [3.05, 3.63) is 68.4 Å². The average Bonchev–Trinajstić information content (AvgIpc) is 2.79. The summed E-state index contributed by atoms with van der Waals surface area (Å²) in [6.07, 6.45) is 2.00. The number of aromatic nitrogens is 1. The van der Waals surface area contributed by atoms with Crippen molar-refractivity contribution in [3.63, 3.8) is 0 Å². The van der Waals surface area contributed by atoms with Crippen molar-refractivity contribution in [1.29, 1.82) is 0 Å². The highest BCUT2D eigenvalue weighted by Crippen LogP contribution is 2.25. The maximum atomic E-state index is 9.47. The van der Waals surface area contributed by atoms with Crippen molar-refractivity contribution in [2.45, 2.75) is 13.2 Å². The van der Waals surface area contributed by atoms with Gasteiger partial charge in [0.2, 0.25) is 0 Å². The van der Waals surface area contributed by atoms with Crippen LogP contribution < -0.4 is 0 Å². The van der Waals surface area contributed by atoms with E-state index >= 15 is 0 Å². The van der Waals surface area contributed by atoms with Crippen LogP contribution in [-0.2, 0) is 13.2 Å². The molecule has 102 valence electrons. The lowest BCUT2D eigenvalue weighted by Crippen LogP contribution is -1.97. The molecule has 0 bridgehead atoms. The standard InChI is InChI=1S/C16H13ClINO/c17-13-3-6-15-12(10-20)9-19(16(15)7-13)8-11-1-4-14(18)5-2-11/h1-7,9,20H,8,10H2. The van der Waals surface area contributed by atoms with Crippen LogP contribution in [0.4, 0.5) is 0 Å². The van der Waals surface area contributed by atoms with E-state index in [1.807, 2.05) is 24.4 Å². The molecule has 2 nitrogen and oxygen atoms in total. The Bertz CT molecular complexity index is 749. The van der Waals surface area contributed by atoms with E-state index in [0.717, 1.165) is 23.0 Å². The van der Waals surface area contributed by atoms with Crippen LogP contribution in [0.5, 0.6) is 0 Å². The number of rotatable bonds is 3. The van der Waals surface area contributed by atoms with E-state index in [-0.39, 0.29) is 6.61 Å². The molecule has 0 fully saturated rings. The van der Waals surface area contributed by atoms with Crippen molar-refractivity contribution in [3.8, 4) is 0 Å². The maximum absolute atomic E-state index is 9.47. The molecule has 0 unspecified atom stereocenters. The zero-order chi connectivity index (χ0) is 14.1. The Morgan fingerprint density at radius 2 is 1.85 bits per heavy atom. The third-order valence-corrected chi connectivity index (χ3v) is 4.32. The van der Waals surface area contributed by atoms with Gasteiger partial charge in [0.1, 0.15) is 0 Å². The van der Waals surface area contributed by atoms with Crippen molar-refractivity contribution >= 4 is 45.1 Å². The topological polar surface area (TPSA) is 25.2 Å². The van der Waals surface area contributed by atoms with E-state index in [1.54, 1.807) is 0 Å². The smallest absolute Gasteiger partial charge is 0.0702 e. The predicted octanol–water partition coefficient (Wildman–Crippen LogP) is 4.44.